The van der Waals surface area contributed by atoms with Gasteiger partial charge in [0, 0.05) is 11.1 Å². The number of hydrogen-bond donors (Lipinski definition) is 2. The Morgan fingerprint density at radius 2 is 1.05 bits per heavy atom. The van der Waals surface area contributed by atoms with Gasteiger partial charge < -0.3 is 10.2 Å². The van der Waals surface area contributed by atoms with Crippen LogP contribution in [0.25, 0.3) is 33.5 Å². The molecular weight excluding hydrogens is 842 g/mol. The van der Waals surface area contributed by atoms with Gasteiger partial charge in [0.1, 0.15) is 11.0 Å². The normalized spacial score (nSPS) is 12.6. The molecule has 3 aromatic carbocycles. The summed E-state index contributed by atoms with van der Waals surface area (Å²) in [7, 11) is 0. The molecule has 1 heterocycles. The molecule has 56 heavy (non-hydrogen) atoms. The summed E-state index contributed by atoms with van der Waals surface area (Å²) in [5.74, 6) is -3.66. The largest absolute Gasteiger partial charge is 0.478 e. The summed E-state index contributed by atoms with van der Waals surface area (Å²) in [5, 5.41) is 20.4. The SMILES string of the molecule is CCCCCCC(CCCC)Cc1c(C(=O)O)ccc(-c2nc3c(Br)c(F)c(F)c(Br)c3nc2-c2ccc(C(=O)O)cc2)c1CC(CCCC)CCCCCC. The maximum atomic E-state index is 15.3. The van der Waals surface area contributed by atoms with Gasteiger partial charge in [-0.1, -0.05) is 149 Å². The lowest BCUT2D eigenvalue weighted by atomic mass is 9.79. The predicted octanol–water partition coefficient (Wildman–Crippen LogP) is 14.8. The van der Waals surface area contributed by atoms with E-state index in [9.17, 15) is 19.8 Å². The molecule has 0 amide bonds. The maximum Gasteiger partial charge on any atom is 0.335 e. The van der Waals surface area contributed by atoms with E-state index < -0.39 is 23.6 Å². The van der Waals surface area contributed by atoms with Crippen molar-refractivity contribution in [3.63, 3.8) is 0 Å². The molecule has 0 radical (unpaired) electrons. The third kappa shape index (κ3) is 11.7. The Labute approximate surface area is 348 Å². The Bertz CT molecular complexity index is 1940. The zero-order valence-electron chi connectivity index (χ0n) is 33.5. The van der Waals surface area contributed by atoms with Crippen LogP contribution in [0.2, 0.25) is 0 Å². The van der Waals surface area contributed by atoms with E-state index in [4.69, 9.17) is 9.97 Å². The molecule has 0 aliphatic carbocycles. The number of nitrogens with zero attached hydrogens (tertiary/aromatic N) is 2. The number of carboxylic acids is 2. The first kappa shape index (κ1) is 45.5. The first-order valence-corrected chi connectivity index (χ1v) is 22.3. The molecule has 0 aliphatic heterocycles. The topological polar surface area (TPSA) is 100 Å². The first-order chi connectivity index (χ1) is 27.0. The molecule has 1 aromatic heterocycles. The smallest absolute Gasteiger partial charge is 0.335 e. The maximum absolute atomic E-state index is 15.3. The standard InChI is InChI=1S/C46H58Br2F2N2O4/c1-5-9-13-15-19-29(17-11-7-3)27-35-33(25-26-34(46(55)56)36(35)28-30(18-12-8-4)20-16-14-10-6-2)42-41(31-21-23-32(24-22-31)45(53)54)51-43-37(47)39(49)40(50)38(48)44(43)52-42/h21-26,29-30H,5-20,27-28H2,1-4H3,(H,53,54)(H,55,56). The number of carboxylic acid groups (broad SMARTS) is 2. The fourth-order valence-corrected chi connectivity index (χ4v) is 8.76. The van der Waals surface area contributed by atoms with Crippen molar-refractivity contribution in [3.8, 4) is 22.5 Å². The highest BCUT2D eigenvalue weighted by Gasteiger charge is 2.28. The Hall–Kier alpha value is -3.24. The van der Waals surface area contributed by atoms with Gasteiger partial charge >= 0.3 is 11.9 Å². The van der Waals surface area contributed by atoms with Crippen molar-refractivity contribution >= 4 is 54.8 Å². The van der Waals surface area contributed by atoms with Crippen LogP contribution in [0, 0.1) is 23.5 Å². The van der Waals surface area contributed by atoms with Gasteiger partial charge in [-0.25, -0.2) is 28.3 Å². The molecule has 4 aromatic rings. The summed E-state index contributed by atoms with van der Waals surface area (Å²) in [5.41, 5.74) is 4.35. The molecule has 2 unspecified atom stereocenters. The average molecular weight is 901 g/mol. The van der Waals surface area contributed by atoms with Crippen LogP contribution < -0.4 is 0 Å². The van der Waals surface area contributed by atoms with Crippen molar-refractivity contribution in [2.45, 2.75) is 143 Å². The van der Waals surface area contributed by atoms with Gasteiger partial charge in [0.25, 0.3) is 0 Å². The van der Waals surface area contributed by atoms with Crippen LogP contribution in [0.4, 0.5) is 8.78 Å². The number of aromatic carboxylic acids is 2. The van der Waals surface area contributed by atoms with Crippen molar-refractivity contribution in [1.29, 1.82) is 0 Å². The van der Waals surface area contributed by atoms with Crippen LogP contribution in [-0.4, -0.2) is 32.1 Å². The minimum Gasteiger partial charge on any atom is -0.478 e. The van der Waals surface area contributed by atoms with Crippen LogP contribution in [0.5, 0.6) is 0 Å². The summed E-state index contributed by atoms with van der Waals surface area (Å²) in [6, 6.07) is 9.74. The van der Waals surface area contributed by atoms with E-state index in [0.717, 1.165) is 101 Å². The van der Waals surface area contributed by atoms with Gasteiger partial charge in [-0.3, -0.25) is 0 Å². The molecule has 6 nitrogen and oxygen atoms in total. The molecular formula is C46H58Br2F2N2O4. The van der Waals surface area contributed by atoms with Crippen LogP contribution in [0.3, 0.4) is 0 Å². The van der Waals surface area contributed by atoms with Crippen molar-refractivity contribution in [2.75, 3.05) is 0 Å². The third-order valence-corrected chi connectivity index (χ3v) is 12.5. The first-order valence-electron chi connectivity index (χ1n) is 20.7. The zero-order chi connectivity index (χ0) is 40.8. The number of benzene rings is 3. The highest BCUT2D eigenvalue weighted by atomic mass is 79.9. The molecule has 304 valence electrons. The van der Waals surface area contributed by atoms with E-state index in [1.165, 1.54) is 25.0 Å². The van der Waals surface area contributed by atoms with Gasteiger partial charge in [0.05, 0.1) is 31.5 Å². The molecule has 0 bridgehead atoms. The number of aromatic nitrogens is 2. The van der Waals surface area contributed by atoms with Crippen molar-refractivity contribution in [2.24, 2.45) is 11.8 Å². The van der Waals surface area contributed by atoms with Gasteiger partial charge in [-0.05, 0) is 85.9 Å². The number of rotatable bonds is 24. The molecule has 2 N–H and O–H groups in total. The number of fused-ring (bicyclic) bond motifs is 1. The fraction of sp³-hybridized carbons (Fsp3) is 0.522. The average Bonchev–Trinajstić information content (AvgIpc) is 3.20. The van der Waals surface area contributed by atoms with Crippen LogP contribution >= 0.6 is 31.9 Å². The summed E-state index contributed by atoms with van der Waals surface area (Å²) >= 11 is 6.49. The number of carbonyl (C=O) groups is 2. The highest BCUT2D eigenvalue weighted by Crippen LogP contribution is 2.42. The van der Waals surface area contributed by atoms with Crippen molar-refractivity contribution < 1.29 is 28.6 Å². The van der Waals surface area contributed by atoms with Crippen LogP contribution in [-0.2, 0) is 12.8 Å². The number of unbranched alkanes of at least 4 members (excludes halogenated alkanes) is 8. The monoisotopic (exact) mass is 898 g/mol. The summed E-state index contributed by atoms with van der Waals surface area (Å²) < 4.78 is 30.1. The molecule has 0 saturated heterocycles. The van der Waals surface area contributed by atoms with E-state index >= 15 is 8.78 Å². The van der Waals surface area contributed by atoms with Gasteiger partial charge in [0.2, 0.25) is 0 Å². The van der Waals surface area contributed by atoms with Crippen molar-refractivity contribution in [3.05, 3.63) is 79.2 Å². The molecule has 0 spiro atoms. The molecule has 10 heteroatoms. The Morgan fingerprint density at radius 1 is 0.589 bits per heavy atom. The molecule has 0 aliphatic rings. The second-order valence-corrected chi connectivity index (χ2v) is 16.9. The minimum absolute atomic E-state index is 0.0915. The highest BCUT2D eigenvalue weighted by molar-refractivity contribution is 9.11. The number of hydrogen-bond acceptors (Lipinski definition) is 4. The van der Waals surface area contributed by atoms with Gasteiger partial charge in [-0.15, -0.1) is 0 Å². The lowest BCUT2D eigenvalue weighted by Crippen LogP contribution is -2.16. The van der Waals surface area contributed by atoms with Crippen LogP contribution in [0.1, 0.15) is 162 Å². The van der Waals surface area contributed by atoms with Crippen molar-refractivity contribution in [1.82, 2.24) is 9.97 Å². The van der Waals surface area contributed by atoms with E-state index in [2.05, 4.69) is 59.6 Å². The molecule has 4 rings (SSSR count). The third-order valence-electron chi connectivity index (χ3n) is 11.1. The van der Waals surface area contributed by atoms with Crippen LogP contribution in [0.15, 0.2) is 45.3 Å². The van der Waals surface area contributed by atoms with E-state index in [-0.39, 0.29) is 31.1 Å². The number of halogens is 4. The Morgan fingerprint density at radius 3 is 1.52 bits per heavy atom. The van der Waals surface area contributed by atoms with E-state index in [1.54, 1.807) is 18.2 Å². The quantitative estimate of drug-likeness (QED) is 0.0413. The zero-order valence-corrected chi connectivity index (χ0v) is 36.6. The lowest BCUT2D eigenvalue weighted by molar-refractivity contribution is 0.0685. The Kier molecular flexibility index (Phi) is 18.4. The molecule has 2 atom stereocenters. The molecule has 0 fully saturated rings. The summed E-state index contributed by atoms with van der Waals surface area (Å²) in [6.07, 6.45) is 18.6. The summed E-state index contributed by atoms with van der Waals surface area (Å²) in [4.78, 5) is 35.0. The van der Waals surface area contributed by atoms with E-state index in [0.29, 0.717) is 47.2 Å². The predicted molar refractivity (Wildman–Crippen MR) is 231 cm³/mol. The second-order valence-electron chi connectivity index (χ2n) is 15.3. The van der Waals surface area contributed by atoms with E-state index in [1.807, 2.05) is 6.07 Å². The van der Waals surface area contributed by atoms with Gasteiger partial charge in [0.15, 0.2) is 11.6 Å². The second kappa shape index (κ2) is 22.6. The fourth-order valence-electron chi connectivity index (χ4n) is 7.86. The lowest BCUT2D eigenvalue weighted by Gasteiger charge is -2.26. The minimum atomic E-state index is -1.11. The molecule has 0 saturated carbocycles. The summed E-state index contributed by atoms with van der Waals surface area (Å²) in [6.45, 7) is 8.79. The van der Waals surface area contributed by atoms with Gasteiger partial charge in [-0.2, -0.15) is 0 Å². The Balaban J connectivity index is 2.08.